The van der Waals surface area contributed by atoms with Gasteiger partial charge in [-0.25, -0.2) is 9.40 Å². The summed E-state index contributed by atoms with van der Waals surface area (Å²) in [4.78, 5) is 27.4. The summed E-state index contributed by atoms with van der Waals surface area (Å²) in [7, 11) is 1.61. The molecule has 12 heteroatoms. The van der Waals surface area contributed by atoms with Gasteiger partial charge in [0, 0.05) is 17.7 Å². The smallest absolute Gasteiger partial charge is 0.253 e. The third-order valence-corrected chi connectivity index (χ3v) is 8.86. The van der Waals surface area contributed by atoms with Crippen molar-refractivity contribution in [1.82, 2.24) is 25.1 Å². The highest BCUT2D eigenvalue weighted by atomic mass is 32.2. The van der Waals surface area contributed by atoms with Crippen LogP contribution in [0, 0.1) is 5.82 Å². The fourth-order valence-electron chi connectivity index (χ4n) is 4.82. The zero-order valence-electron chi connectivity index (χ0n) is 23.6. The number of thiophene rings is 1. The fourth-order valence-corrected chi connectivity index (χ4v) is 6.36. The van der Waals surface area contributed by atoms with E-state index in [-0.39, 0.29) is 36.0 Å². The normalized spacial score (nSPS) is 14.4. The second-order valence-electron chi connectivity index (χ2n) is 9.80. The number of rotatable bonds is 10. The first-order valence-electron chi connectivity index (χ1n) is 13.7. The first kappa shape index (κ1) is 29.3. The Morgan fingerprint density at radius 1 is 1.00 bits per heavy atom. The standard InChI is InChI=1S/C32H27FN6O3S2/c1-42-25-15-9-21(10-16-25)27-18-26(28-8-5-17-43-28)37-39(27)30(40)20-44-32-36-35-29(38(32)24-13-11-23(33)12-14-24)19-34-31(41)22-6-3-2-4-7-22/h2-17,27H,18-20H2,1H3,(H,34,41). The lowest BCUT2D eigenvalue weighted by molar-refractivity contribution is -0.130. The second kappa shape index (κ2) is 13.2. The van der Waals surface area contributed by atoms with E-state index < -0.39 is 0 Å². The van der Waals surface area contributed by atoms with E-state index in [1.807, 2.05) is 47.8 Å². The molecule has 0 aliphatic carbocycles. The molecule has 2 amide bonds. The van der Waals surface area contributed by atoms with E-state index in [9.17, 15) is 14.0 Å². The molecule has 0 spiro atoms. The van der Waals surface area contributed by atoms with E-state index in [4.69, 9.17) is 9.84 Å². The van der Waals surface area contributed by atoms with Gasteiger partial charge < -0.3 is 10.1 Å². The van der Waals surface area contributed by atoms with E-state index in [0.29, 0.717) is 28.7 Å². The second-order valence-corrected chi connectivity index (χ2v) is 11.7. The molecule has 44 heavy (non-hydrogen) atoms. The molecule has 5 aromatic rings. The molecule has 0 bridgehead atoms. The number of thioether (sulfide) groups is 1. The number of hydrazone groups is 1. The predicted octanol–water partition coefficient (Wildman–Crippen LogP) is 5.88. The molecule has 3 aromatic carbocycles. The highest BCUT2D eigenvalue weighted by Crippen LogP contribution is 2.35. The maximum atomic E-state index is 13.8. The van der Waals surface area contributed by atoms with Gasteiger partial charge in [-0.15, -0.1) is 21.5 Å². The largest absolute Gasteiger partial charge is 0.497 e. The molecule has 0 radical (unpaired) electrons. The third-order valence-electron chi connectivity index (χ3n) is 7.03. The molecular formula is C32H27FN6O3S2. The van der Waals surface area contributed by atoms with Crippen LogP contribution in [0.15, 0.2) is 107 Å². The van der Waals surface area contributed by atoms with Crippen LogP contribution in [0.4, 0.5) is 4.39 Å². The van der Waals surface area contributed by atoms with Crippen LogP contribution in [-0.2, 0) is 11.3 Å². The molecular weight excluding hydrogens is 600 g/mol. The number of nitrogens with one attached hydrogen (secondary N) is 1. The van der Waals surface area contributed by atoms with Crippen molar-refractivity contribution in [3.8, 4) is 11.4 Å². The predicted molar refractivity (Wildman–Crippen MR) is 168 cm³/mol. The van der Waals surface area contributed by atoms with Crippen molar-refractivity contribution in [2.45, 2.75) is 24.2 Å². The van der Waals surface area contributed by atoms with Crippen LogP contribution in [0.5, 0.6) is 5.75 Å². The van der Waals surface area contributed by atoms with E-state index in [0.717, 1.165) is 21.9 Å². The number of carbonyl (C=O) groups excluding carboxylic acids is 2. The number of hydrogen-bond acceptors (Lipinski definition) is 8. The number of ether oxygens (including phenoxy) is 1. The Labute approximate surface area is 261 Å². The zero-order valence-corrected chi connectivity index (χ0v) is 25.2. The summed E-state index contributed by atoms with van der Waals surface area (Å²) < 4.78 is 20.8. The molecule has 1 N–H and O–H groups in total. The van der Waals surface area contributed by atoms with Crippen LogP contribution < -0.4 is 10.1 Å². The van der Waals surface area contributed by atoms with Crippen LogP contribution in [-0.4, -0.2) is 50.2 Å². The topological polar surface area (TPSA) is 102 Å². The average Bonchev–Trinajstić information content (AvgIpc) is 3.84. The van der Waals surface area contributed by atoms with Gasteiger partial charge in [0.2, 0.25) is 0 Å². The van der Waals surface area contributed by atoms with Crippen LogP contribution in [0.2, 0.25) is 0 Å². The number of methoxy groups -OCH3 is 1. The van der Waals surface area contributed by atoms with Gasteiger partial charge in [0.25, 0.3) is 11.8 Å². The Bertz CT molecular complexity index is 1780. The van der Waals surface area contributed by atoms with E-state index in [1.165, 1.54) is 23.9 Å². The first-order valence-corrected chi connectivity index (χ1v) is 15.6. The summed E-state index contributed by atoms with van der Waals surface area (Å²) in [6.07, 6.45) is 0.584. The lowest BCUT2D eigenvalue weighted by Crippen LogP contribution is -2.28. The molecule has 3 heterocycles. The van der Waals surface area contributed by atoms with Crippen LogP contribution in [0.3, 0.4) is 0 Å². The SMILES string of the molecule is COc1ccc(C2CC(c3cccs3)=NN2C(=O)CSc2nnc(CNC(=O)c3ccccc3)n2-c2ccc(F)cc2)cc1. The summed E-state index contributed by atoms with van der Waals surface area (Å²) in [5.41, 5.74) is 2.92. The Hall–Kier alpha value is -4.81. The molecule has 1 aliphatic rings. The first-order chi connectivity index (χ1) is 21.5. The molecule has 9 nitrogen and oxygen atoms in total. The minimum atomic E-state index is -0.386. The van der Waals surface area contributed by atoms with E-state index >= 15 is 0 Å². The highest BCUT2D eigenvalue weighted by molar-refractivity contribution is 7.99. The minimum absolute atomic E-state index is 0.0313. The van der Waals surface area contributed by atoms with Gasteiger partial charge in [-0.1, -0.05) is 48.2 Å². The van der Waals surface area contributed by atoms with Crippen LogP contribution >= 0.6 is 23.1 Å². The molecule has 0 saturated heterocycles. The summed E-state index contributed by atoms with van der Waals surface area (Å²) >= 11 is 2.78. The monoisotopic (exact) mass is 626 g/mol. The number of halogens is 1. The average molecular weight is 627 g/mol. The highest BCUT2D eigenvalue weighted by Gasteiger charge is 2.33. The van der Waals surface area contributed by atoms with Crippen molar-refractivity contribution < 1.29 is 18.7 Å². The molecule has 1 unspecified atom stereocenters. The Morgan fingerprint density at radius 3 is 2.48 bits per heavy atom. The fraction of sp³-hybridized carbons (Fsp3) is 0.156. The number of carbonyl (C=O) groups is 2. The number of amides is 2. The number of aromatic nitrogens is 3. The van der Waals surface area contributed by atoms with Crippen molar-refractivity contribution >= 4 is 40.6 Å². The van der Waals surface area contributed by atoms with Gasteiger partial charge in [-0.2, -0.15) is 5.10 Å². The quantitative estimate of drug-likeness (QED) is 0.195. The van der Waals surface area contributed by atoms with Crippen molar-refractivity contribution in [3.63, 3.8) is 0 Å². The van der Waals surface area contributed by atoms with Crippen LogP contribution in [0.25, 0.3) is 5.69 Å². The Kier molecular flexibility index (Phi) is 8.80. The van der Waals surface area contributed by atoms with Gasteiger partial charge in [0.15, 0.2) is 11.0 Å². The minimum Gasteiger partial charge on any atom is -0.497 e. The van der Waals surface area contributed by atoms with Gasteiger partial charge >= 0.3 is 0 Å². The van der Waals surface area contributed by atoms with Crippen molar-refractivity contribution in [3.05, 3.63) is 124 Å². The molecule has 1 atom stereocenters. The third kappa shape index (κ3) is 6.41. The Morgan fingerprint density at radius 2 is 1.77 bits per heavy atom. The molecule has 0 fully saturated rings. The van der Waals surface area contributed by atoms with Crippen LogP contribution in [0.1, 0.15) is 39.1 Å². The number of nitrogens with zero attached hydrogens (tertiary/aromatic N) is 5. The van der Waals surface area contributed by atoms with Gasteiger partial charge in [0.1, 0.15) is 11.6 Å². The maximum Gasteiger partial charge on any atom is 0.253 e. The van der Waals surface area contributed by atoms with Gasteiger partial charge in [0.05, 0.1) is 36.0 Å². The maximum absolute atomic E-state index is 13.8. The molecule has 0 saturated carbocycles. The van der Waals surface area contributed by atoms with Gasteiger partial charge in [-0.05, 0) is 65.5 Å². The summed E-state index contributed by atoms with van der Waals surface area (Å²) in [5.74, 6) is 0.352. The van der Waals surface area contributed by atoms with Crippen molar-refractivity contribution in [2.75, 3.05) is 12.9 Å². The lowest BCUT2D eigenvalue weighted by Gasteiger charge is -2.22. The molecule has 222 valence electrons. The van der Waals surface area contributed by atoms with E-state index in [1.54, 1.807) is 64.4 Å². The lowest BCUT2D eigenvalue weighted by atomic mass is 10.0. The molecule has 2 aromatic heterocycles. The summed E-state index contributed by atoms with van der Waals surface area (Å²) in [6, 6.07) is 26.1. The Balaban J connectivity index is 1.23. The zero-order chi connectivity index (χ0) is 30.5. The summed E-state index contributed by atoms with van der Waals surface area (Å²) in [5, 5.41) is 20.2. The number of hydrogen-bond donors (Lipinski definition) is 1. The summed E-state index contributed by atoms with van der Waals surface area (Å²) in [6.45, 7) is 0.0761. The van der Waals surface area contributed by atoms with E-state index in [2.05, 4.69) is 15.5 Å². The molecule has 1 aliphatic heterocycles. The molecule has 6 rings (SSSR count). The van der Waals surface area contributed by atoms with Gasteiger partial charge in [-0.3, -0.25) is 14.2 Å². The van der Waals surface area contributed by atoms with Crippen molar-refractivity contribution in [2.24, 2.45) is 5.10 Å². The van der Waals surface area contributed by atoms with Crippen molar-refractivity contribution in [1.29, 1.82) is 0 Å². The number of benzene rings is 3.